The van der Waals surface area contributed by atoms with Crippen LogP contribution in [-0.4, -0.2) is 33.6 Å². The van der Waals surface area contributed by atoms with Crippen molar-refractivity contribution in [3.8, 4) is 5.75 Å². The first kappa shape index (κ1) is 16.3. The largest absolute Gasteiger partial charge is 0.494 e. The number of hydrogen-bond acceptors (Lipinski definition) is 4. The molecular formula is C16H25NO3S. The van der Waals surface area contributed by atoms with Gasteiger partial charge in [0.2, 0.25) is 0 Å². The maximum Gasteiger partial charge on any atom is 0.150 e. The van der Waals surface area contributed by atoms with Crippen molar-refractivity contribution >= 4 is 9.84 Å². The average Bonchev–Trinajstić information content (AvgIpc) is 2.50. The molecule has 118 valence electrons. The molecule has 2 rings (SSSR count). The fourth-order valence-corrected chi connectivity index (χ4v) is 3.64. The van der Waals surface area contributed by atoms with Gasteiger partial charge in [0, 0.05) is 11.8 Å². The zero-order valence-corrected chi connectivity index (χ0v) is 13.7. The Balaban J connectivity index is 1.91. The van der Waals surface area contributed by atoms with Gasteiger partial charge in [-0.2, -0.15) is 0 Å². The van der Waals surface area contributed by atoms with E-state index >= 15 is 0 Å². The molecule has 0 saturated heterocycles. The van der Waals surface area contributed by atoms with Gasteiger partial charge in [0.25, 0.3) is 0 Å². The van der Waals surface area contributed by atoms with Crippen molar-refractivity contribution in [2.45, 2.75) is 38.6 Å². The first-order chi connectivity index (χ1) is 10.1. The third kappa shape index (κ3) is 4.45. The summed E-state index contributed by atoms with van der Waals surface area (Å²) in [5.41, 5.74) is 2.71. The Morgan fingerprint density at radius 2 is 2.19 bits per heavy atom. The van der Waals surface area contributed by atoms with Gasteiger partial charge in [0.1, 0.15) is 15.6 Å². The Morgan fingerprint density at radius 3 is 2.90 bits per heavy atom. The first-order valence-electron chi connectivity index (χ1n) is 7.69. The Bertz CT molecular complexity index is 569. The summed E-state index contributed by atoms with van der Waals surface area (Å²) in [6, 6.07) is 6.67. The zero-order valence-electron chi connectivity index (χ0n) is 12.9. The third-order valence-corrected chi connectivity index (χ3v) is 5.88. The Kier molecular flexibility index (Phi) is 5.65. The number of aryl methyl sites for hydroxylation is 1. The van der Waals surface area contributed by atoms with Crippen LogP contribution in [0.3, 0.4) is 0 Å². The fraction of sp³-hybridized carbons (Fsp3) is 0.625. The molecule has 0 fully saturated rings. The molecule has 0 bridgehead atoms. The van der Waals surface area contributed by atoms with Crippen LogP contribution in [0.5, 0.6) is 5.75 Å². The predicted molar refractivity (Wildman–Crippen MR) is 85.6 cm³/mol. The topological polar surface area (TPSA) is 55.4 Å². The molecule has 1 aliphatic rings. The standard InChI is InChI=1S/C16H25NO3S/c1-3-21(18,19)11-5-10-20-14-8-9-15-13(12-14)6-4-7-16(15)17-2/h8-9,12,16-17H,3-7,10-11H2,1-2H3. The lowest BCUT2D eigenvalue weighted by Gasteiger charge is -2.25. The maximum atomic E-state index is 11.4. The molecule has 21 heavy (non-hydrogen) atoms. The van der Waals surface area contributed by atoms with E-state index in [0.717, 1.165) is 12.2 Å². The molecule has 0 aliphatic heterocycles. The molecule has 0 radical (unpaired) electrons. The maximum absolute atomic E-state index is 11.4. The molecular weight excluding hydrogens is 286 g/mol. The SMILES string of the molecule is CCS(=O)(=O)CCCOc1ccc2c(c1)CCCC2NC. The van der Waals surface area contributed by atoms with Crippen molar-refractivity contribution in [1.82, 2.24) is 5.32 Å². The smallest absolute Gasteiger partial charge is 0.150 e. The van der Waals surface area contributed by atoms with Crippen LogP contribution in [0, 0.1) is 0 Å². The average molecular weight is 311 g/mol. The van der Waals surface area contributed by atoms with E-state index in [1.807, 2.05) is 13.1 Å². The molecule has 0 aromatic heterocycles. The highest BCUT2D eigenvalue weighted by molar-refractivity contribution is 7.91. The molecule has 4 nitrogen and oxygen atoms in total. The molecule has 5 heteroatoms. The van der Waals surface area contributed by atoms with Gasteiger partial charge >= 0.3 is 0 Å². The van der Waals surface area contributed by atoms with E-state index in [1.54, 1.807) is 6.92 Å². The summed E-state index contributed by atoms with van der Waals surface area (Å²) < 4.78 is 28.5. The Labute approximate surface area is 127 Å². The summed E-state index contributed by atoms with van der Waals surface area (Å²) in [6.07, 6.45) is 4.01. The fourth-order valence-electron chi connectivity index (χ4n) is 2.79. The quantitative estimate of drug-likeness (QED) is 0.786. The van der Waals surface area contributed by atoms with Crippen LogP contribution < -0.4 is 10.1 Å². The molecule has 1 N–H and O–H groups in total. The van der Waals surface area contributed by atoms with Crippen molar-refractivity contribution in [2.24, 2.45) is 0 Å². The van der Waals surface area contributed by atoms with E-state index in [0.29, 0.717) is 19.1 Å². The van der Waals surface area contributed by atoms with Gasteiger partial charge in [-0.05, 0) is 56.0 Å². The summed E-state index contributed by atoms with van der Waals surface area (Å²) >= 11 is 0. The van der Waals surface area contributed by atoms with Crippen molar-refractivity contribution in [1.29, 1.82) is 0 Å². The molecule has 0 spiro atoms. The second-order valence-corrected chi connectivity index (χ2v) is 8.01. The van der Waals surface area contributed by atoms with E-state index in [2.05, 4.69) is 17.4 Å². The molecule has 1 aliphatic carbocycles. The summed E-state index contributed by atoms with van der Waals surface area (Å²) in [5.74, 6) is 1.26. The summed E-state index contributed by atoms with van der Waals surface area (Å²) in [6.45, 7) is 2.13. The van der Waals surface area contributed by atoms with Crippen LogP contribution in [0.1, 0.15) is 43.4 Å². The lowest BCUT2D eigenvalue weighted by molar-refractivity contribution is 0.316. The first-order valence-corrected chi connectivity index (χ1v) is 9.51. The van der Waals surface area contributed by atoms with E-state index < -0.39 is 9.84 Å². The minimum absolute atomic E-state index is 0.205. The van der Waals surface area contributed by atoms with Crippen molar-refractivity contribution < 1.29 is 13.2 Å². The van der Waals surface area contributed by atoms with Crippen LogP contribution in [0.2, 0.25) is 0 Å². The number of ether oxygens (including phenoxy) is 1. The highest BCUT2D eigenvalue weighted by Gasteiger charge is 2.18. The van der Waals surface area contributed by atoms with Crippen LogP contribution in [0.15, 0.2) is 18.2 Å². The van der Waals surface area contributed by atoms with E-state index in [1.165, 1.54) is 24.0 Å². The second-order valence-electron chi connectivity index (χ2n) is 5.53. The van der Waals surface area contributed by atoms with Gasteiger partial charge in [-0.25, -0.2) is 8.42 Å². The van der Waals surface area contributed by atoms with Gasteiger partial charge in [-0.15, -0.1) is 0 Å². The number of sulfone groups is 1. The van der Waals surface area contributed by atoms with Crippen LogP contribution in [0.4, 0.5) is 0 Å². The van der Waals surface area contributed by atoms with Crippen molar-refractivity contribution in [3.63, 3.8) is 0 Å². The zero-order chi connectivity index (χ0) is 15.3. The van der Waals surface area contributed by atoms with Crippen LogP contribution in [-0.2, 0) is 16.3 Å². The lowest BCUT2D eigenvalue weighted by Crippen LogP contribution is -2.21. The minimum atomic E-state index is -2.89. The molecule has 0 heterocycles. The van der Waals surface area contributed by atoms with Crippen molar-refractivity contribution in [3.05, 3.63) is 29.3 Å². The van der Waals surface area contributed by atoms with Gasteiger partial charge in [-0.3, -0.25) is 0 Å². The minimum Gasteiger partial charge on any atom is -0.494 e. The Hall–Kier alpha value is -1.07. The number of hydrogen-bond donors (Lipinski definition) is 1. The summed E-state index contributed by atoms with van der Waals surface area (Å²) in [7, 11) is -0.889. The summed E-state index contributed by atoms with van der Waals surface area (Å²) in [4.78, 5) is 0. The van der Waals surface area contributed by atoms with Crippen LogP contribution >= 0.6 is 0 Å². The van der Waals surface area contributed by atoms with Gasteiger partial charge in [0.05, 0.1) is 12.4 Å². The molecule has 1 atom stereocenters. The number of benzene rings is 1. The van der Waals surface area contributed by atoms with Gasteiger partial charge in [0.15, 0.2) is 0 Å². The van der Waals surface area contributed by atoms with Gasteiger partial charge in [-0.1, -0.05) is 13.0 Å². The third-order valence-electron chi connectivity index (χ3n) is 4.09. The molecule has 0 amide bonds. The highest BCUT2D eigenvalue weighted by Crippen LogP contribution is 2.31. The van der Waals surface area contributed by atoms with E-state index in [4.69, 9.17) is 4.74 Å². The molecule has 1 unspecified atom stereocenters. The monoisotopic (exact) mass is 311 g/mol. The molecule has 1 aromatic rings. The predicted octanol–water partition coefficient (Wildman–Crippen LogP) is 2.49. The van der Waals surface area contributed by atoms with Crippen molar-refractivity contribution in [2.75, 3.05) is 25.2 Å². The highest BCUT2D eigenvalue weighted by atomic mass is 32.2. The van der Waals surface area contributed by atoms with E-state index in [-0.39, 0.29) is 11.5 Å². The van der Waals surface area contributed by atoms with Gasteiger partial charge < -0.3 is 10.1 Å². The number of fused-ring (bicyclic) bond motifs is 1. The summed E-state index contributed by atoms with van der Waals surface area (Å²) in [5, 5.41) is 3.35. The molecule has 1 aromatic carbocycles. The Morgan fingerprint density at radius 1 is 1.38 bits per heavy atom. The normalized spacial score (nSPS) is 18.3. The molecule has 0 saturated carbocycles. The number of rotatable bonds is 7. The number of nitrogens with one attached hydrogen (secondary N) is 1. The van der Waals surface area contributed by atoms with Crippen LogP contribution in [0.25, 0.3) is 0 Å². The lowest BCUT2D eigenvalue weighted by atomic mass is 9.87. The second kappa shape index (κ2) is 7.27. The van der Waals surface area contributed by atoms with E-state index in [9.17, 15) is 8.42 Å².